The number of rotatable bonds is 5. The molecule has 1 aromatic carbocycles. The number of hydrogen-bond donors (Lipinski definition) is 1. The van der Waals surface area contributed by atoms with E-state index in [0.29, 0.717) is 17.8 Å². The van der Waals surface area contributed by atoms with E-state index in [0.717, 1.165) is 11.1 Å². The molecule has 0 saturated heterocycles. The number of benzene rings is 1. The highest BCUT2D eigenvalue weighted by molar-refractivity contribution is 8.02. The van der Waals surface area contributed by atoms with Gasteiger partial charge in [-0.05, 0) is 11.1 Å². The summed E-state index contributed by atoms with van der Waals surface area (Å²) in [6.45, 7) is 3.61. The quantitative estimate of drug-likeness (QED) is 0.638. The molecule has 1 aromatic rings. The second-order valence-corrected chi connectivity index (χ2v) is 4.63. The zero-order chi connectivity index (χ0) is 11.3. The maximum Gasteiger partial charge on any atom is 0.408 e. The topological polar surface area (TPSA) is 63.6 Å². The average molecular weight is 246 g/mol. The van der Waals surface area contributed by atoms with Crippen molar-refractivity contribution >= 4 is 28.5 Å². The van der Waals surface area contributed by atoms with Gasteiger partial charge in [0.15, 0.2) is 0 Å². The lowest BCUT2D eigenvalue weighted by Crippen LogP contribution is -1.97. The average Bonchev–Trinajstić information content (AvgIpc) is 2.17. The van der Waals surface area contributed by atoms with Crippen molar-refractivity contribution in [1.29, 1.82) is 0 Å². The van der Waals surface area contributed by atoms with Crippen molar-refractivity contribution in [3.8, 4) is 0 Å². The predicted octanol–water partition coefficient (Wildman–Crippen LogP) is 2.30. The molecule has 0 radical (unpaired) electrons. The standard InChI is InChI=1S/C9H10O4S2/c1-2-8-3-5-9(6-4-8)7-14-13-15(10,11)12/h2-6H,1,7H2,(H,10,11,12). The van der Waals surface area contributed by atoms with Gasteiger partial charge < -0.3 is 0 Å². The van der Waals surface area contributed by atoms with Gasteiger partial charge in [0.25, 0.3) is 0 Å². The minimum atomic E-state index is -4.36. The summed E-state index contributed by atoms with van der Waals surface area (Å²) in [5, 5.41) is 0. The highest BCUT2D eigenvalue weighted by atomic mass is 32.3. The first-order valence-electron chi connectivity index (χ1n) is 4.01. The Morgan fingerprint density at radius 2 is 2.00 bits per heavy atom. The highest BCUT2D eigenvalue weighted by Gasteiger charge is 2.04. The first kappa shape index (κ1) is 12.3. The van der Waals surface area contributed by atoms with Gasteiger partial charge in [0.1, 0.15) is 0 Å². The lowest BCUT2D eigenvalue weighted by Gasteiger charge is -2.00. The minimum absolute atomic E-state index is 0.344. The molecule has 0 spiro atoms. The maximum absolute atomic E-state index is 10.2. The van der Waals surface area contributed by atoms with Crippen LogP contribution in [-0.4, -0.2) is 13.0 Å². The molecule has 0 aromatic heterocycles. The second-order valence-electron chi connectivity index (χ2n) is 2.70. The maximum atomic E-state index is 10.2. The van der Waals surface area contributed by atoms with Crippen LogP contribution in [0.3, 0.4) is 0 Å². The fraction of sp³-hybridized carbons (Fsp3) is 0.111. The molecule has 15 heavy (non-hydrogen) atoms. The molecule has 0 aliphatic heterocycles. The molecule has 0 unspecified atom stereocenters. The molecular formula is C9H10O4S2. The van der Waals surface area contributed by atoms with E-state index in [1.54, 1.807) is 6.08 Å². The van der Waals surface area contributed by atoms with Crippen LogP contribution in [0, 0.1) is 0 Å². The first-order chi connectivity index (χ1) is 7.01. The first-order valence-corrected chi connectivity index (χ1v) is 6.29. The third-order valence-electron chi connectivity index (χ3n) is 1.58. The monoisotopic (exact) mass is 246 g/mol. The van der Waals surface area contributed by atoms with Gasteiger partial charge in [-0.25, -0.2) is 0 Å². The molecule has 0 atom stereocenters. The Morgan fingerprint density at radius 1 is 1.40 bits per heavy atom. The van der Waals surface area contributed by atoms with E-state index in [9.17, 15) is 8.42 Å². The summed E-state index contributed by atoms with van der Waals surface area (Å²) in [6, 6.07) is 7.38. The third-order valence-corrected chi connectivity index (χ3v) is 3.10. The Hall–Kier alpha value is -0.820. The van der Waals surface area contributed by atoms with E-state index < -0.39 is 10.4 Å². The van der Waals surface area contributed by atoms with E-state index >= 15 is 0 Å². The van der Waals surface area contributed by atoms with Crippen molar-refractivity contribution in [1.82, 2.24) is 0 Å². The Labute approximate surface area is 93.1 Å². The molecule has 0 amide bonds. The molecule has 1 N–H and O–H groups in total. The van der Waals surface area contributed by atoms with Crippen molar-refractivity contribution in [2.45, 2.75) is 5.75 Å². The summed E-state index contributed by atoms with van der Waals surface area (Å²) in [4.78, 5) is 0. The molecule has 0 heterocycles. The van der Waals surface area contributed by atoms with Crippen molar-refractivity contribution in [3.05, 3.63) is 42.0 Å². The van der Waals surface area contributed by atoms with Crippen LogP contribution in [-0.2, 0) is 19.8 Å². The van der Waals surface area contributed by atoms with Gasteiger partial charge in [-0.3, -0.25) is 4.55 Å². The summed E-state index contributed by atoms with van der Waals surface area (Å²) in [5.41, 5.74) is 1.88. The van der Waals surface area contributed by atoms with E-state index in [1.165, 1.54) is 0 Å². The van der Waals surface area contributed by atoms with E-state index in [-0.39, 0.29) is 0 Å². The van der Waals surface area contributed by atoms with Crippen LogP contribution < -0.4 is 0 Å². The van der Waals surface area contributed by atoms with Crippen LogP contribution in [0.15, 0.2) is 30.8 Å². The molecule has 6 heteroatoms. The van der Waals surface area contributed by atoms with Gasteiger partial charge in [-0.2, -0.15) is 12.0 Å². The molecular weight excluding hydrogens is 236 g/mol. The zero-order valence-electron chi connectivity index (χ0n) is 7.79. The summed E-state index contributed by atoms with van der Waals surface area (Å²) < 4.78 is 32.9. The van der Waals surface area contributed by atoms with Gasteiger partial charge in [0.2, 0.25) is 0 Å². The van der Waals surface area contributed by atoms with E-state index in [4.69, 9.17) is 4.55 Å². The Balaban J connectivity index is 2.48. The van der Waals surface area contributed by atoms with Crippen LogP contribution in [0.4, 0.5) is 0 Å². The highest BCUT2D eigenvalue weighted by Crippen LogP contribution is 2.16. The molecule has 4 nitrogen and oxygen atoms in total. The molecule has 1 rings (SSSR count). The fourth-order valence-electron chi connectivity index (χ4n) is 0.903. The van der Waals surface area contributed by atoms with Crippen LogP contribution in [0.1, 0.15) is 11.1 Å². The van der Waals surface area contributed by atoms with Crippen LogP contribution >= 0.6 is 12.0 Å². The molecule has 0 aliphatic carbocycles. The summed E-state index contributed by atoms with van der Waals surface area (Å²) in [7, 11) is -4.36. The smallest absolute Gasteiger partial charge is 0.263 e. The Bertz CT molecular complexity index is 422. The van der Waals surface area contributed by atoms with Crippen LogP contribution in [0.5, 0.6) is 0 Å². The normalized spacial score (nSPS) is 11.3. The van der Waals surface area contributed by atoms with Crippen LogP contribution in [0.2, 0.25) is 0 Å². The molecule has 82 valence electrons. The minimum Gasteiger partial charge on any atom is -0.263 e. The Kier molecular flexibility index (Phi) is 4.34. The third kappa shape index (κ3) is 4.98. The van der Waals surface area contributed by atoms with Gasteiger partial charge in [0.05, 0.1) is 0 Å². The lowest BCUT2D eigenvalue weighted by atomic mass is 10.1. The molecule has 0 saturated carbocycles. The van der Waals surface area contributed by atoms with E-state index in [2.05, 4.69) is 10.2 Å². The predicted molar refractivity (Wildman–Crippen MR) is 60.5 cm³/mol. The largest absolute Gasteiger partial charge is 0.408 e. The van der Waals surface area contributed by atoms with Crippen LogP contribution in [0.25, 0.3) is 6.08 Å². The van der Waals surface area contributed by atoms with Crippen molar-refractivity contribution in [2.24, 2.45) is 0 Å². The van der Waals surface area contributed by atoms with Crippen molar-refractivity contribution in [3.63, 3.8) is 0 Å². The van der Waals surface area contributed by atoms with Crippen molar-refractivity contribution in [2.75, 3.05) is 0 Å². The molecule has 0 fully saturated rings. The van der Waals surface area contributed by atoms with Gasteiger partial charge in [-0.15, -0.1) is 0 Å². The molecule has 0 aliphatic rings. The van der Waals surface area contributed by atoms with Crippen molar-refractivity contribution < 1.29 is 16.6 Å². The second kappa shape index (κ2) is 5.32. The SMILES string of the molecule is C=Cc1ccc(CSOS(=O)(=O)O)cc1. The zero-order valence-corrected chi connectivity index (χ0v) is 9.42. The van der Waals surface area contributed by atoms with Gasteiger partial charge >= 0.3 is 10.4 Å². The summed E-state index contributed by atoms with van der Waals surface area (Å²) in [5.74, 6) is 0.344. The lowest BCUT2D eigenvalue weighted by molar-refractivity contribution is 0.407. The molecule has 0 bridgehead atoms. The van der Waals surface area contributed by atoms with Gasteiger partial charge in [0, 0.05) is 17.8 Å². The fourth-order valence-corrected chi connectivity index (χ4v) is 1.91. The summed E-state index contributed by atoms with van der Waals surface area (Å²) >= 11 is 0.663. The number of hydrogen-bond acceptors (Lipinski definition) is 4. The van der Waals surface area contributed by atoms with E-state index in [1.807, 2.05) is 24.3 Å². The van der Waals surface area contributed by atoms with Gasteiger partial charge in [-0.1, -0.05) is 36.9 Å². The Morgan fingerprint density at radius 3 is 2.47 bits per heavy atom. The summed E-state index contributed by atoms with van der Waals surface area (Å²) in [6.07, 6.45) is 1.71.